The predicted octanol–water partition coefficient (Wildman–Crippen LogP) is -0.670. The molecule has 3 rings (SSSR count). The molecule has 1 unspecified atom stereocenters. The van der Waals surface area contributed by atoms with Crippen molar-refractivity contribution in [2.45, 2.75) is 26.3 Å². The number of aromatic nitrogens is 2. The predicted molar refractivity (Wildman–Crippen MR) is 93.3 cm³/mol. The van der Waals surface area contributed by atoms with Gasteiger partial charge in [-0.25, -0.2) is 14.8 Å². The highest BCUT2D eigenvalue weighted by molar-refractivity contribution is 5.95. The van der Waals surface area contributed by atoms with Gasteiger partial charge in [-0.3, -0.25) is 9.59 Å². The number of amides is 4. The highest BCUT2D eigenvalue weighted by atomic mass is 16.2. The van der Waals surface area contributed by atoms with Crippen LogP contribution < -0.4 is 5.32 Å². The molecule has 0 bridgehead atoms. The Morgan fingerprint density at radius 2 is 1.92 bits per heavy atom. The number of carbonyl (C=O) groups is 3. The van der Waals surface area contributed by atoms with Gasteiger partial charge in [-0.1, -0.05) is 0 Å². The molecule has 2 saturated heterocycles. The SMILES string of the molecule is Cc1cc(C)nc(CCNC(=O)N2CCN3C(=O)CN(C)C(=O)C3C2)n1. The lowest BCUT2D eigenvalue weighted by molar-refractivity contribution is -0.157. The van der Waals surface area contributed by atoms with Crippen LogP contribution in [-0.2, 0) is 16.0 Å². The van der Waals surface area contributed by atoms with Gasteiger partial charge in [0.05, 0.1) is 13.1 Å². The third kappa shape index (κ3) is 3.76. The summed E-state index contributed by atoms with van der Waals surface area (Å²) in [4.78, 5) is 50.0. The summed E-state index contributed by atoms with van der Waals surface area (Å²) in [6, 6.07) is 1.09. The lowest BCUT2D eigenvalue weighted by Gasteiger charge is -2.45. The van der Waals surface area contributed by atoms with Crippen LogP contribution in [0.25, 0.3) is 0 Å². The zero-order valence-electron chi connectivity index (χ0n) is 15.4. The van der Waals surface area contributed by atoms with Gasteiger partial charge in [0.25, 0.3) is 0 Å². The van der Waals surface area contributed by atoms with Crippen molar-refractivity contribution in [3.05, 3.63) is 23.3 Å². The average molecular weight is 360 g/mol. The quantitative estimate of drug-likeness (QED) is 0.771. The first-order valence-corrected chi connectivity index (χ1v) is 8.73. The van der Waals surface area contributed by atoms with Gasteiger partial charge in [-0.05, 0) is 19.9 Å². The van der Waals surface area contributed by atoms with Crippen LogP contribution in [0, 0.1) is 13.8 Å². The molecule has 1 N–H and O–H groups in total. The van der Waals surface area contributed by atoms with Gasteiger partial charge in [0.2, 0.25) is 11.8 Å². The van der Waals surface area contributed by atoms with E-state index >= 15 is 0 Å². The van der Waals surface area contributed by atoms with E-state index in [4.69, 9.17) is 0 Å². The summed E-state index contributed by atoms with van der Waals surface area (Å²) in [5, 5.41) is 2.85. The maximum atomic E-state index is 12.4. The van der Waals surface area contributed by atoms with Crippen LogP contribution in [0.3, 0.4) is 0 Å². The van der Waals surface area contributed by atoms with Crippen LogP contribution in [-0.4, -0.2) is 88.3 Å². The number of urea groups is 1. The van der Waals surface area contributed by atoms with E-state index in [1.165, 1.54) is 4.90 Å². The number of hydrogen-bond donors (Lipinski definition) is 1. The number of fused-ring (bicyclic) bond motifs is 1. The molecular weight excluding hydrogens is 336 g/mol. The van der Waals surface area contributed by atoms with Crippen LogP contribution in [0.15, 0.2) is 6.07 Å². The molecular formula is C17H24N6O3. The van der Waals surface area contributed by atoms with E-state index in [0.717, 1.165) is 11.4 Å². The Hall–Kier alpha value is -2.71. The summed E-state index contributed by atoms with van der Waals surface area (Å²) in [5.74, 6) is 0.511. The molecule has 3 heterocycles. The minimum Gasteiger partial charge on any atom is -0.338 e. The standard InChI is InChI=1S/C17H24N6O3/c1-11-8-12(2)20-14(19-11)4-5-18-17(26)22-6-7-23-13(9-22)16(25)21(3)10-15(23)24/h8,13H,4-7,9-10H2,1-3H3,(H,18,26). The van der Waals surface area contributed by atoms with Crippen molar-refractivity contribution in [2.24, 2.45) is 0 Å². The van der Waals surface area contributed by atoms with E-state index in [1.54, 1.807) is 16.8 Å². The van der Waals surface area contributed by atoms with Crippen molar-refractivity contribution >= 4 is 17.8 Å². The minimum atomic E-state index is -0.580. The highest BCUT2D eigenvalue weighted by Gasteiger charge is 2.42. The fraction of sp³-hybridized carbons (Fsp3) is 0.588. The maximum absolute atomic E-state index is 12.4. The van der Waals surface area contributed by atoms with Crippen LogP contribution in [0.2, 0.25) is 0 Å². The maximum Gasteiger partial charge on any atom is 0.317 e. The van der Waals surface area contributed by atoms with E-state index in [-0.39, 0.29) is 30.9 Å². The molecule has 1 aromatic heterocycles. The largest absolute Gasteiger partial charge is 0.338 e. The fourth-order valence-electron chi connectivity index (χ4n) is 3.41. The molecule has 0 aromatic carbocycles. The van der Waals surface area contributed by atoms with Crippen LogP contribution in [0.1, 0.15) is 17.2 Å². The molecule has 140 valence electrons. The number of rotatable bonds is 3. The first kappa shape index (κ1) is 18.1. The van der Waals surface area contributed by atoms with E-state index in [9.17, 15) is 14.4 Å². The van der Waals surface area contributed by atoms with Crippen molar-refractivity contribution in [1.29, 1.82) is 0 Å². The first-order valence-electron chi connectivity index (χ1n) is 8.73. The van der Waals surface area contributed by atoms with Crippen LogP contribution in [0.5, 0.6) is 0 Å². The number of hydrogen-bond acceptors (Lipinski definition) is 5. The second-order valence-electron chi connectivity index (χ2n) is 6.79. The molecule has 2 aliphatic heterocycles. The first-order chi connectivity index (χ1) is 12.3. The summed E-state index contributed by atoms with van der Waals surface area (Å²) in [6.45, 7) is 5.38. The molecule has 9 nitrogen and oxygen atoms in total. The lowest BCUT2D eigenvalue weighted by atomic mass is 10.1. The molecule has 1 atom stereocenters. The normalized spacial score (nSPS) is 20.3. The smallest absolute Gasteiger partial charge is 0.317 e. The molecule has 9 heteroatoms. The second-order valence-corrected chi connectivity index (χ2v) is 6.79. The van der Waals surface area contributed by atoms with E-state index < -0.39 is 6.04 Å². The van der Waals surface area contributed by atoms with Gasteiger partial charge in [-0.15, -0.1) is 0 Å². The van der Waals surface area contributed by atoms with Crippen molar-refractivity contribution in [3.8, 4) is 0 Å². The number of aryl methyl sites for hydroxylation is 2. The van der Waals surface area contributed by atoms with Gasteiger partial charge in [0.1, 0.15) is 11.9 Å². The Kier molecular flexibility index (Phi) is 5.06. The number of likely N-dealkylation sites (N-methyl/N-ethyl adjacent to an activating group) is 1. The molecule has 0 saturated carbocycles. The van der Waals surface area contributed by atoms with Crippen molar-refractivity contribution in [2.75, 3.05) is 39.8 Å². The van der Waals surface area contributed by atoms with E-state index in [2.05, 4.69) is 15.3 Å². The topological polar surface area (TPSA) is 98.7 Å². The number of carbonyl (C=O) groups excluding carboxylic acids is 3. The second kappa shape index (κ2) is 7.27. The van der Waals surface area contributed by atoms with Gasteiger partial charge in [0, 0.05) is 44.5 Å². The summed E-state index contributed by atoms with van der Waals surface area (Å²) >= 11 is 0. The third-order valence-corrected chi connectivity index (χ3v) is 4.68. The molecule has 1 aromatic rings. The van der Waals surface area contributed by atoms with Gasteiger partial charge in [-0.2, -0.15) is 0 Å². The van der Waals surface area contributed by atoms with Crippen molar-refractivity contribution in [3.63, 3.8) is 0 Å². The number of piperazine rings is 2. The molecule has 4 amide bonds. The van der Waals surface area contributed by atoms with E-state index in [0.29, 0.717) is 31.9 Å². The fourth-order valence-corrected chi connectivity index (χ4v) is 3.41. The molecule has 0 radical (unpaired) electrons. The summed E-state index contributed by atoms with van der Waals surface area (Å²) in [6.07, 6.45) is 0.539. The van der Waals surface area contributed by atoms with Crippen LogP contribution in [0.4, 0.5) is 4.79 Å². The molecule has 2 aliphatic rings. The van der Waals surface area contributed by atoms with Crippen molar-refractivity contribution < 1.29 is 14.4 Å². The Bertz CT molecular complexity index is 717. The van der Waals surface area contributed by atoms with Gasteiger partial charge in [0.15, 0.2) is 0 Å². The Morgan fingerprint density at radius 3 is 2.62 bits per heavy atom. The molecule has 0 spiro atoms. The molecule has 2 fully saturated rings. The number of nitrogens with one attached hydrogen (secondary N) is 1. The van der Waals surface area contributed by atoms with E-state index in [1.807, 2.05) is 19.9 Å². The number of nitrogens with zero attached hydrogens (tertiary/aromatic N) is 5. The molecule has 26 heavy (non-hydrogen) atoms. The Morgan fingerprint density at radius 1 is 1.23 bits per heavy atom. The zero-order chi connectivity index (χ0) is 18.8. The summed E-state index contributed by atoms with van der Waals surface area (Å²) in [7, 11) is 1.61. The lowest BCUT2D eigenvalue weighted by Crippen LogP contribution is -2.67. The van der Waals surface area contributed by atoms with Gasteiger partial charge < -0.3 is 20.0 Å². The minimum absolute atomic E-state index is 0.0656. The third-order valence-electron chi connectivity index (χ3n) is 4.68. The van der Waals surface area contributed by atoms with Gasteiger partial charge >= 0.3 is 6.03 Å². The monoisotopic (exact) mass is 360 g/mol. The Labute approximate surface area is 152 Å². The Balaban J connectivity index is 1.54. The van der Waals surface area contributed by atoms with Crippen LogP contribution >= 0.6 is 0 Å². The summed E-state index contributed by atoms with van der Waals surface area (Å²) < 4.78 is 0. The average Bonchev–Trinajstić information content (AvgIpc) is 2.58. The molecule has 0 aliphatic carbocycles. The summed E-state index contributed by atoms with van der Waals surface area (Å²) in [5.41, 5.74) is 1.80. The zero-order valence-corrected chi connectivity index (χ0v) is 15.4. The van der Waals surface area contributed by atoms with Crippen molar-refractivity contribution in [1.82, 2.24) is 30.0 Å². The highest BCUT2D eigenvalue weighted by Crippen LogP contribution is 2.17.